The average molecular weight is 342 g/mol. The van der Waals surface area contributed by atoms with Gasteiger partial charge >= 0.3 is 6.18 Å². The van der Waals surface area contributed by atoms with Crippen molar-refractivity contribution >= 4 is 15.9 Å². The van der Waals surface area contributed by atoms with Crippen molar-refractivity contribution in [3.8, 4) is 11.5 Å². The van der Waals surface area contributed by atoms with E-state index in [-0.39, 0.29) is 11.5 Å². The Balaban J connectivity index is 3.00. The molecule has 7 heteroatoms. The van der Waals surface area contributed by atoms with Crippen molar-refractivity contribution in [2.45, 2.75) is 19.5 Å². The van der Waals surface area contributed by atoms with Gasteiger partial charge in [0.15, 0.2) is 18.1 Å². The Morgan fingerprint density at radius 2 is 1.95 bits per heavy atom. The van der Waals surface area contributed by atoms with E-state index in [0.29, 0.717) is 24.0 Å². The molecule has 0 aliphatic heterocycles. The van der Waals surface area contributed by atoms with Gasteiger partial charge < -0.3 is 15.2 Å². The Labute approximate surface area is 118 Å². The van der Waals surface area contributed by atoms with Crippen molar-refractivity contribution in [1.29, 1.82) is 0 Å². The summed E-state index contributed by atoms with van der Waals surface area (Å²) in [6.45, 7) is 1.17. The molecule has 1 rings (SSSR count). The Kier molecular flexibility index (Phi) is 5.93. The van der Waals surface area contributed by atoms with E-state index in [1.54, 1.807) is 19.1 Å². The molecular weight excluding hydrogens is 327 g/mol. The van der Waals surface area contributed by atoms with Gasteiger partial charge in [0.2, 0.25) is 0 Å². The third-order valence-electron chi connectivity index (χ3n) is 2.18. The van der Waals surface area contributed by atoms with Crippen molar-refractivity contribution in [2.75, 3.05) is 19.8 Å². The largest absolute Gasteiger partial charge is 0.490 e. The molecule has 0 fully saturated rings. The average Bonchev–Trinajstić information content (AvgIpc) is 2.27. The fraction of sp³-hybridized carbons (Fsp3) is 0.500. The molecule has 0 aromatic heterocycles. The van der Waals surface area contributed by atoms with Gasteiger partial charge in [-0.25, -0.2) is 0 Å². The highest BCUT2D eigenvalue weighted by Gasteiger charge is 2.29. The summed E-state index contributed by atoms with van der Waals surface area (Å²) in [5.41, 5.74) is 6.32. The smallest absolute Gasteiger partial charge is 0.422 e. The van der Waals surface area contributed by atoms with Crippen LogP contribution in [-0.2, 0) is 6.42 Å². The maximum atomic E-state index is 12.2. The molecule has 1 aromatic rings. The Bertz CT molecular complexity index is 424. The molecule has 19 heavy (non-hydrogen) atoms. The van der Waals surface area contributed by atoms with Crippen LogP contribution in [0, 0.1) is 0 Å². The topological polar surface area (TPSA) is 44.5 Å². The molecular formula is C12H15BrF3NO2. The van der Waals surface area contributed by atoms with Gasteiger partial charge in [-0.05, 0) is 53.5 Å². The van der Waals surface area contributed by atoms with Gasteiger partial charge in [0.1, 0.15) is 0 Å². The van der Waals surface area contributed by atoms with E-state index in [1.165, 1.54) is 0 Å². The van der Waals surface area contributed by atoms with Crippen LogP contribution in [0.4, 0.5) is 13.2 Å². The molecule has 0 bridgehead atoms. The summed E-state index contributed by atoms with van der Waals surface area (Å²) in [5.74, 6) is 0.338. The molecule has 0 spiro atoms. The lowest BCUT2D eigenvalue weighted by Crippen LogP contribution is -2.19. The monoisotopic (exact) mass is 341 g/mol. The molecule has 0 aliphatic rings. The maximum absolute atomic E-state index is 12.2. The highest BCUT2D eigenvalue weighted by atomic mass is 79.9. The van der Waals surface area contributed by atoms with E-state index in [1.807, 2.05) is 0 Å². The third kappa shape index (κ3) is 5.28. The first-order chi connectivity index (χ1) is 8.87. The van der Waals surface area contributed by atoms with Crippen LogP contribution >= 0.6 is 15.9 Å². The number of benzene rings is 1. The highest BCUT2D eigenvalue weighted by Crippen LogP contribution is 2.37. The van der Waals surface area contributed by atoms with E-state index in [4.69, 9.17) is 15.2 Å². The fourth-order valence-electron chi connectivity index (χ4n) is 1.49. The van der Waals surface area contributed by atoms with Crippen molar-refractivity contribution in [1.82, 2.24) is 0 Å². The number of hydrogen-bond acceptors (Lipinski definition) is 3. The van der Waals surface area contributed by atoms with Gasteiger partial charge in [-0.1, -0.05) is 0 Å². The van der Waals surface area contributed by atoms with Gasteiger partial charge in [-0.15, -0.1) is 0 Å². The number of nitrogens with two attached hydrogens (primary N) is 1. The van der Waals surface area contributed by atoms with Crippen LogP contribution in [0.15, 0.2) is 16.6 Å². The predicted molar refractivity (Wildman–Crippen MR) is 69.6 cm³/mol. The van der Waals surface area contributed by atoms with Crippen LogP contribution in [0.3, 0.4) is 0 Å². The summed E-state index contributed by atoms with van der Waals surface area (Å²) in [5, 5.41) is 0. The molecule has 0 unspecified atom stereocenters. The molecule has 2 N–H and O–H groups in total. The number of alkyl halides is 3. The van der Waals surface area contributed by atoms with Crippen molar-refractivity contribution in [3.63, 3.8) is 0 Å². The van der Waals surface area contributed by atoms with Gasteiger partial charge in [0.05, 0.1) is 11.1 Å². The minimum Gasteiger partial charge on any atom is -0.490 e. The standard InChI is InChI=1S/C12H15BrF3NO2/c1-2-18-10-6-8(3-4-17)5-9(13)11(10)19-7-12(14,15)16/h5-6H,2-4,7,17H2,1H3. The van der Waals surface area contributed by atoms with E-state index in [9.17, 15) is 13.2 Å². The number of hydrogen-bond donors (Lipinski definition) is 1. The molecule has 0 aliphatic carbocycles. The normalized spacial score (nSPS) is 11.5. The third-order valence-corrected chi connectivity index (χ3v) is 2.77. The molecule has 0 saturated carbocycles. The Hall–Kier alpha value is -0.950. The van der Waals surface area contributed by atoms with Crippen LogP contribution in [-0.4, -0.2) is 25.9 Å². The molecule has 0 heterocycles. The lowest BCUT2D eigenvalue weighted by Gasteiger charge is -2.16. The zero-order valence-corrected chi connectivity index (χ0v) is 12.0. The molecule has 0 amide bonds. The molecule has 108 valence electrons. The van der Waals surface area contributed by atoms with E-state index in [2.05, 4.69) is 15.9 Å². The fourth-order valence-corrected chi connectivity index (χ4v) is 2.09. The number of rotatable bonds is 6. The second-order valence-electron chi connectivity index (χ2n) is 3.78. The Morgan fingerprint density at radius 3 is 2.47 bits per heavy atom. The van der Waals surface area contributed by atoms with Crippen LogP contribution in [0.2, 0.25) is 0 Å². The SMILES string of the molecule is CCOc1cc(CCN)cc(Br)c1OCC(F)(F)F. The minimum atomic E-state index is -4.39. The van der Waals surface area contributed by atoms with Crippen LogP contribution in [0.5, 0.6) is 11.5 Å². The zero-order valence-electron chi connectivity index (χ0n) is 10.4. The number of halogens is 4. The van der Waals surface area contributed by atoms with Crippen molar-refractivity contribution in [3.05, 3.63) is 22.2 Å². The number of ether oxygens (including phenoxy) is 2. The van der Waals surface area contributed by atoms with E-state index < -0.39 is 12.8 Å². The second-order valence-corrected chi connectivity index (χ2v) is 4.63. The van der Waals surface area contributed by atoms with Crippen LogP contribution in [0.1, 0.15) is 12.5 Å². The van der Waals surface area contributed by atoms with Gasteiger partial charge in [-0.3, -0.25) is 0 Å². The molecule has 1 aromatic carbocycles. The van der Waals surface area contributed by atoms with E-state index in [0.717, 1.165) is 5.56 Å². The molecule has 0 saturated heterocycles. The lowest BCUT2D eigenvalue weighted by molar-refractivity contribution is -0.153. The van der Waals surface area contributed by atoms with Gasteiger partial charge in [0, 0.05) is 0 Å². The molecule has 0 atom stereocenters. The summed E-state index contributed by atoms with van der Waals surface area (Å²) in [7, 11) is 0. The van der Waals surface area contributed by atoms with Gasteiger partial charge in [0.25, 0.3) is 0 Å². The van der Waals surface area contributed by atoms with Gasteiger partial charge in [-0.2, -0.15) is 13.2 Å². The summed E-state index contributed by atoms with van der Waals surface area (Å²) < 4.78 is 47.1. The summed E-state index contributed by atoms with van der Waals surface area (Å²) in [6, 6.07) is 3.33. The summed E-state index contributed by atoms with van der Waals surface area (Å²) in [4.78, 5) is 0. The summed E-state index contributed by atoms with van der Waals surface area (Å²) >= 11 is 3.19. The summed E-state index contributed by atoms with van der Waals surface area (Å²) in [6.07, 6.45) is -3.78. The first-order valence-electron chi connectivity index (χ1n) is 5.72. The Morgan fingerprint density at radius 1 is 1.26 bits per heavy atom. The molecule has 0 radical (unpaired) electrons. The van der Waals surface area contributed by atoms with Crippen LogP contribution in [0.25, 0.3) is 0 Å². The first-order valence-corrected chi connectivity index (χ1v) is 6.51. The predicted octanol–water partition coefficient (Wildman–Crippen LogP) is 3.29. The van der Waals surface area contributed by atoms with Crippen LogP contribution < -0.4 is 15.2 Å². The second kappa shape index (κ2) is 7.00. The zero-order chi connectivity index (χ0) is 14.5. The van der Waals surface area contributed by atoms with Crippen molar-refractivity contribution < 1.29 is 22.6 Å². The molecule has 3 nitrogen and oxygen atoms in total. The lowest BCUT2D eigenvalue weighted by atomic mass is 10.1. The quantitative estimate of drug-likeness (QED) is 0.863. The first kappa shape index (κ1) is 16.1. The van der Waals surface area contributed by atoms with Crippen molar-refractivity contribution in [2.24, 2.45) is 5.73 Å². The van der Waals surface area contributed by atoms with E-state index >= 15 is 0 Å². The maximum Gasteiger partial charge on any atom is 0.422 e. The highest BCUT2D eigenvalue weighted by molar-refractivity contribution is 9.10. The minimum absolute atomic E-state index is 0.0555.